The number of esters is 1. The number of nitrogens with one attached hydrogen (secondary N) is 3. The Morgan fingerprint density at radius 1 is 1.30 bits per heavy atom. The number of carbonyl (C=O) groups is 3. The summed E-state index contributed by atoms with van der Waals surface area (Å²) < 4.78 is 5.23. The summed E-state index contributed by atoms with van der Waals surface area (Å²) in [6, 6.07) is 6.92. The van der Waals surface area contributed by atoms with Crippen LogP contribution in [0.4, 0.5) is 0 Å². The highest BCUT2D eigenvalue weighted by Gasteiger charge is 2.28. The first-order chi connectivity index (χ1) is 14.3. The van der Waals surface area contributed by atoms with Gasteiger partial charge in [0.15, 0.2) is 0 Å². The second kappa shape index (κ2) is 11.3. The predicted molar refractivity (Wildman–Crippen MR) is 116 cm³/mol. The van der Waals surface area contributed by atoms with Crippen molar-refractivity contribution in [2.75, 3.05) is 6.26 Å². The van der Waals surface area contributed by atoms with Crippen LogP contribution in [-0.2, 0) is 25.5 Å². The molecule has 1 aromatic heterocycles. The third-order valence-corrected chi connectivity index (χ3v) is 5.45. The molecule has 9 heteroatoms. The molecule has 2 aromatic rings. The van der Waals surface area contributed by atoms with Gasteiger partial charge in [-0.05, 0) is 44.6 Å². The van der Waals surface area contributed by atoms with Gasteiger partial charge in [0.2, 0.25) is 11.7 Å². The van der Waals surface area contributed by atoms with E-state index in [4.69, 9.17) is 10.3 Å². The molecule has 160 valence electrons. The number of rotatable bonds is 11. The van der Waals surface area contributed by atoms with E-state index in [2.05, 4.69) is 15.1 Å². The van der Waals surface area contributed by atoms with Crippen LogP contribution in [0, 0.1) is 5.53 Å². The van der Waals surface area contributed by atoms with Gasteiger partial charge in [-0.2, -0.15) is 11.8 Å². The average Bonchev–Trinajstić information content (AvgIpc) is 3.11. The molecule has 0 radical (unpaired) electrons. The van der Waals surface area contributed by atoms with Crippen LogP contribution in [0.1, 0.15) is 32.3 Å². The minimum atomic E-state index is -0.944. The molecule has 1 amide bonds. The summed E-state index contributed by atoms with van der Waals surface area (Å²) in [6.45, 7) is 3.44. The summed E-state index contributed by atoms with van der Waals surface area (Å²) in [5.74, 6) is -1.26. The molecule has 0 unspecified atom stereocenters. The molecule has 1 heterocycles. The summed E-state index contributed by atoms with van der Waals surface area (Å²) >= 11 is 1.39. The summed E-state index contributed by atoms with van der Waals surface area (Å²) in [5.41, 5.74) is 8.74. The van der Waals surface area contributed by atoms with Crippen LogP contribution in [-0.4, -0.2) is 57.3 Å². The highest BCUT2D eigenvalue weighted by molar-refractivity contribution is 7.99. The largest absolute Gasteiger partial charge is 0.461 e. The first-order valence-electron chi connectivity index (χ1n) is 9.67. The van der Waals surface area contributed by atoms with Crippen LogP contribution < -0.4 is 5.32 Å². The third kappa shape index (κ3) is 6.57. The van der Waals surface area contributed by atoms with Gasteiger partial charge in [0.05, 0.1) is 21.7 Å². The van der Waals surface area contributed by atoms with Crippen LogP contribution in [0.25, 0.3) is 10.9 Å². The Morgan fingerprint density at radius 2 is 2.03 bits per heavy atom. The molecule has 0 aliphatic carbocycles. The van der Waals surface area contributed by atoms with Gasteiger partial charge in [-0.25, -0.2) is 4.79 Å². The zero-order valence-electron chi connectivity index (χ0n) is 17.3. The van der Waals surface area contributed by atoms with Crippen molar-refractivity contribution in [2.45, 2.75) is 50.5 Å². The number of ether oxygens (including phenoxy) is 1. The van der Waals surface area contributed by atoms with E-state index in [0.717, 1.165) is 22.7 Å². The molecular formula is C21H27N4O4S+. The lowest BCUT2D eigenvalue weighted by atomic mass is 10.1. The van der Waals surface area contributed by atoms with Gasteiger partial charge < -0.3 is 15.0 Å². The fourth-order valence-corrected chi connectivity index (χ4v) is 3.66. The van der Waals surface area contributed by atoms with E-state index in [9.17, 15) is 14.4 Å². The number of ketones is 1. The number of benzene rings is 1. The number of hydrogen-bond donors (Lipinski definition) is 3. The van der Waals surface area contributed by atoms with Gasteiger partial charge in [-0.3, -0.25) is 9.59 Å². The van der Waals surface area contributed by atoms with Crippen LogP contribution in [0.2, 0.25) is 0 Å². The minimum absolute atomic E-state index is 0.0209. The molecule has 0 aliphatic rings. The Balaban J connectivity index is 2.10. The highest BCUT2D eigenvalue weighted by Crippen LogP contribution is 2.22. The van der Waals surface area contributed by atoms with Gasteiger partial charge in [-0.1, -0.05) is 18.2 Å². The lowest BCUT2D eigenvalue weighted by molar-refractivity contribution is -0.151. The van der Waals surface area contributed by atoms with Crippen LogP contribution >= 0.6 is 11.8 Å². The SMILES string of the molecule is CS[C@@H](Cc1c[nH]c2ccccc12)C(=O)N[C@@H](CCC(=O)C=[N+]=N)C(=O)OC(C)C. The maximum absolute atomic E-state index is 12.9. The van der Waals surface area contributed by atoms with E-state index >= 15 is 0 Å². The first-order valence-corrected chi connectivity index (χ1v) is 11.0. The van der Waals surface area contributed by atoms with E-state index in [1.165, 1.54) is 11.8 Å². The number of H-pyrrole nitrogens is 1. The minimum Gasteiger partial charge on any atom is -0.461 e. The number of carbonyl (C=O) groups excluding carboxylic acids is 3. The normalized spacial score (nSPS) is 12.8. The Kier molecular flexibility index (Phi) is 8.83. The number of aromatic nitrogens is 1. The molecule has 2 atom stereocenters. The van der Waals surface area contributed by atoms with Crippen LogP contribution in [0.5, 0.6) is 0 Å². The zero-order chi connectivity index (χ0) is 22.1. The first kappa shape index (κ1) is 23.4. The Morgan fingerprint density at radius 3 is 2.70 bits per heavy atom. The second-order valence-electron chi connectivity index (χ2n) is 7.10. The molecule has 0 saturated heterocycles. The maximum Gasteiger partial charge on any atom is 0.372 e. The van der Waals surface area contributed by atoms with E-state index in [0.29, 0.717) is 6.42 Å². The fraction of sp³-hybridized carbons (Fsp3) is 0.429. The summed E-state index contributed by atoms with van der Waals surface area (Å²) in [5, 5.41) is 3.39. The van der Waals surface area contributed by atoms with E-state index in [-0.39, 0.29) is 30.6 Å². The van der Waals surface area contributed by atoms with Gasteiger partial charge in [0, 0.05) is 23.5 Å². The smallest absolute Gasteiger partial charge is 0.372 e. The monoisotopic (exact) mass is 431 g/mol. The zero-order valence-corrected chi connectivity index (χ0v) is 18.1. The molecule has 1 aromatic carbocycles. The number of aromatic amines is 1. The van der Waals surface area contributed by atoms with Crippen molar-refractivity contribution < 1.29 is 23.9 Å². The lowest BCUT2D eigenvalue weighted by Crippen LogP contribution is -2.46. The van der Waals surface area contributed by atoms with Crippen molar-refractivity contribution in [3.63, 3.8) is 0 Å². The summed E-state index contributed by atoms with van der Waals surface area (Å²) in [6.07, 6.45) is 4.83. The lowest BCUT2D eigenvalue weighted by Gasteiger charge is -2.21. The topological polar surface area (TPSA) is 126 Å². The molecule has 0 spiro atoms. The number of Topliss-reactive ketones (excluding diaryl/α,β-unsaturated/α-hetero) is 1. The molecule has 3 N–H and O–H groups in total. The third-order valence-electron chi connectivity index (χ3n) is 4.50. The quantitative estimate of drug-likeness (QED) is 0.218. The number of fused-ring (bicyclic) bond motifs is 1. The number of para-hydroxylation sites is 1. The van der Waals surface area contributed by atoms with Crippen LogP contribution in [0.15, 0.2) is 30.5 Å². The van der Waals surface area contributed by atoms with E-state index in [1.807, 2.05) is 36.7 Å². The fourth-order valence-electron chi connectivity index (χ4n) is 3.03. The van der Waals surface area contributed by atoms with Crippen molar-refractivity contribution in [1.82, 2.24) is 10.3 Å². The van der Waals surface area contributed by atoms with Crippen molar-refractivity contribution in [3.8, 4) is 0 Å². The van der Waals surface area contributed by atoms with Crippen molar-refractivity contribution in [1.29, 1.82) is 5.53 Å². The highest BCUT2D eigenvalue weighted by atomic mass is 32.2. The molecule has 0 saturated carbocycles. The average molecular weight is 432 g/mol. The van der Waals surface area contributed by atoms with Gasteiger partial charge >= 0.3 is 12.2 Å². The molecule has 0 aliphatic heterocycles. The number of thioether (sulfide) groups is 1. The predicted octanol–water partition coefficient (Wildman–Crippen LogP) is 2.54. The Labute approximate surface area is 179 Å². The van der Waals surface area contributed by atoms with Gasteiger partial charge in [0.1, 0.15) is 6.04 Å². The van der Waals surface area contributed by atoms with Crippen LogP contribution in [0.3, 0.4) is 0 Å². The van der Waals surface area contributed by atoms with E-state index in [1.54, 1.807) is 13.8 Å². The van der Waals surface area contributed by atoms with Crippen molar-refractivity contribution >= 4 is 46.5 Å². The maximum atomic E-state index is 12.9. The van der Waals surface area contributed by atoms with Crippen molar-refractivity contribution in [3.05, 3.63) is 36.0 Å². The van der Waals surface area contributed by atoms with E-state index < -0.39 is 17.3 Å². The second-order valence-corrected chi connectivity index (χ2v) is 8.14. The summed E-state index contributed by atoms with van der Waals surface area (Å²) in [7, 11) is 0. The molecule has 30 heavy (non-hydrogen) atoms. The van der Waals surface area contributed by atoms with Gasteiger partial charge in [0.25, 0.3) is 0 Å². The summed E-state index contributed by atoms with van der Waals surface area (Å²) in [4.78, 5) is 43.2. The molecule has 8 nitrogen and oxygen atoms in total. The molecule has 0 fully saturated rings. The Bertz CT molecular complexity index is 949. The number of nitrogens with zero attached hydrogens (tertiary/aromatic N) is 1. The molecular weight excluding hydrogens is 404 g/mol. The Hall–Kier alpha value is -2.90. The number of hydrogen-bond acceptors (Lipinski definition) is 6. The molecule has 0 bridgehead atoms. The van der Waals surface area contributed by atoms with Crippen molar-refractivity contribution in [2.24, 2.45) is 0 Å². The standard InChI is InChI=1S/C21H26N4O4S/c1-13(2)29-21(28)18(9-8-15(26)12-24-22)25-20(27)19(30-3)10-14-11-23-17-7-5-4-6-16(14)17/h4-7,11-13,18-19,22-23H,8-10H2,1-3H3/p+1/t18-,19-/m0/s1. The number of amides is 1. The molecule has 2 rings (SSSR count). The van der Waals surface area contributed by atoms with Gasteiger partial charge in [-0.15, -0.1) is 0 Å².